The molecule has 0 radical (unpaired) electrons. The number of hydroxylamine groups is 1. The van der Waals surface area contributed by atoms with Gasteiger partial charge in [0.1, 0.15) is 5.60 Å². The zero-order valence-electron chi connectivity index (χ0n) is 11.7. The number of carbonyl (C=O) groups is 1. The van der Waals surface area contributed by atoms with E-state index in [0.717, 1.165) is 25.7 Å². The van der Waals surface area contributed by atoms with Gasteiger partial charge in [0, 0.05) is 18.1 Å². The fourth-order valence-corrected chi connectivity index (χ4v) is 3.05. The Labute approximate surface area is 109 Å². The van der Waals surface area contributed by atoms with Crippen LogP contribution in [0.2, 0.25) is 0 Å². The lowest BCUT2D eigenvalue weighted by Gasteiger charge is -2.39. The topological polar surface area (TPSA) is 50.8 Å². The molecule has 104 valence electrons. The molecular formula is C13H24N2O3. The average Bonchev–Trinajstić information content (AvgIpc) is 2.49. The summed E-state index contributed by atoms with van der Waals surface area (Å²) < 4.78 is 5.49. The van der Waals surface area contributed by atoms with Gasteiger partial charge in [-0.25, -0.2) is 4.79 Å². The lowest BCUT2D eigenvalue weighted by molar-refractivity contribution is -0.0121. The summed E-state index contributed by atoms with van der Waals surface area (Å²) in [6.07, 6.45) is 3.89. The zero-order chi connectivity index (χ0) is 13.3. The van der Waals surface area contributed by atoms with Crippen LogP contribution in [0.4, 0.5) is 4.79 Å². The molecule has 5 nitrogen and oxygen atoms in total. The summed E-state index contributed by atoms with van der Waals surface area (Å²) in [4.78, 5) is 19.1. The summed E-state index contributed by atoms with van der Waals surface area (Å²) >= 11 is 0. The van der Waals surface area contributed by atoms with Crippen LogP contribution in [0.25, 0.3) is 0 Å². The van der Waals surface area contributed by atoms with E-state index in [1.807, 2.05) is 25.7 Å². The molecule has 2 rings (SSSR count). The van der Waals surface area contributed by atoms with Crippen molar-refractivity contribution >= 4 is 6.09 Å². The molecular weight excluding hydrogens is 232 g/mol. The zero-order valence-corrected chi connectivity index (χ0v) is 11.7. The molecule has 1 N–H and O–H groups in total. The van der Waals surface area contributed by atoms with Gasteiger partial charge in [-0.3, -0.25) is 0 Å². The number of nitrogens with one attached hydrogen (secondary N) is 1. The van der Waals surface area contributed by atoms with Crippen molar-refractivity contribution in [2.45, 2.75) is 70.2 Å². The molecule has 1 amide bonds. The maximum absolute atomic E-state index is 12.2. The lowest BCUT2D eigenvalue weighted by Crippen LogP contribution is -2.52. The van der Waals surface area contributed by atoms with E-state index in [9.17, 15) is 4.79 Å². The molecule has 0 aromatic rings. The predicted octanol–water partition coefficient (Wildman–Crippen LogP) is 2.07. The fraction of sp³-hybridized carbons (Fsp3) is 0.923. The minimum absolute atomic E-state index is 0.161. The monoisotopic (exact) mass is 256 g/mol. The summed E-state index contributed by atoms with van der Waals surface area (Å²) in [7, 11) is 1.64. The first-order chi connectivity index (χ1) is 8.40. The molecule has 0 aromatic carbocycles. The molecule has 0 spiro atoms. The summed E-state index contributed by atoms with van der Waals surface area (Å²) in [5.41, 5.74) is 2.60. The van der Waals surface area contributed by atoms with Crippen molar-refractivity contribution in [2.75, 3.05) is 7.11 Å². The molecule has 0 aromatic heterocycles. The van der Waals surface area contributed by atoms with Crippen LogP contribution < -0.4 is 5.48 Å². The van der Waals surface area contributed by atoms with Crippen LogP contribution in [-0.2, 0) is 9.57 Å². The van der Waals surface area contributed by atoms with E-state index < -0.39 is 5.60 Å². The number of amides is 1. The molecule has 2 aliphatic rings. The highest BCUT2D eigenvalue weighted by atomic mass is 16.6. The fourth-order valence-electron chi connectivity index (χ4n) is 3.05. The Morgan fingerprint density at radius 3 is 2.22 bits per heavy atom. The van der Waals surface area contributed by atoms with E-state index in [4.69, 9.17) is 9.57 Å². The molecule has 2 fully saturated rings. The third-order valence-electron chi connectivity index (χ3n) is 3.62. The Balaban J connectivity index is 1.98. The number of carbonyl (C=O) groups excluding carboxylic acids is 1. The molecule has 2 heterocycles. The molecule has 2 bridgehead atoms. The Hall–Kier alpha value is -0.810. The number of hydrogen-bond acceptors (Lipinski definition) is 4. The average molecular weight is 256 g/mol. The maximum atomic E-state index is 12.2. The molecule has 0 aliphatic carbocycles. The van der Waals surface area contributed by atoms with Gasteiger partial charge in [0.15, 0.2) is 0 Å². The molecule has 18 heavy (non-hydrogen) atoms. The standard InChI is InChI=1S/C13H24N2O3/c1-13(2,3)18-12(16)15-10-5-6-11(15)8-9(7-10)14-17-4/h9-11,14H,5-8H2,1-4H3. The second-order valence-corrected chi connectivity index (χ2v) is 6.26. The van der Waals surface area contributed by atoms with Crippen LogP contribution in [0.5, 0.6) is 0 Å². The predicted molar refractivity (Wildman–Crippen MR) is 68.0 cm³/mol. The Bertz CT molecular complexity index is 300. The molecule has 2 aliphatic heterocycles. The van der Waals surface area contributed by atoms with E-state index in [-0.39, 0.29) is 6.09 Å². The first kappa shape index (κ1) is 13.6. The van der Waals surface area contributed by atoms with Gasteiger partial charge in [-0.1, -0.05) is 0 Å². The van der Waals surface area contributed by atoms with E-state index in [2.05, 4.69) is 5.48 Å². The van der Waals surface area contributed by atoms with Crippen LogP contribution >= 0.6 is 0 Å². The number of hydrogen-bond donors (Lipinski definition) is 1. The van der Waals surface area contributed by atoms with Crippen LogP contribution in [-0.4, -0.2) is 41.8 Å². The quantitative estimate of drug-likeness (QED) is 0.768. The first-order valence-electron chi connectivity index (χ1n) is 6.70. The number of nitrogens with zero attached hydrogens (tertiary/aromatic N) is 1. The summed E-state index contributed by atoms with van der Waals surface area (Å²) in [5.74, 6) is 0. The number of ether oxygens (including phenoxy) is 1. The van der Waals surface area contributed by atoms with Crippen molar-refractivity contribution in [3.05, 3.63) is 0 Å². The minimum Gasteiger partial charge on any atom is -0.444 e. The Morgan fingerprint density at radius 1 is 1.22 bits per heavy atom. The number of rotatable bonds is 2. The molecule has 0 saturated carbocycles. The van der Waals surface area contributed by atoms with Gasteiger partial charge in [-0.15, -0.1) is 0 Å². The van der Waals surface area contributed by atoms with Gasteiger partial charge in [-0.05, 0) is 46.5 Å². The third kappa shape index (κ3) is 2.95. The molecule has 2 unspecified atom stereocenters. The Kier molecular flexibility index (Phi) is 3.82. The van der Waals surface area contributed by atoms with Crippen LogP contribution in [0.3, 0.4) is 0 Å². The van der Waals surface area contributed by atoms with E-state index in [1.165, 1.54) is 0 Å². The second kappa shape index (κ2) is 5.05. The Morgan fingerprint density at radius 2 is 1.78 bits per heavy atom. The van der Waals surface area contributed by atoms with Gasteiger partial charge >= 0.3 is 6.09 Å². The minimum atomic E-state index is -0.419. The first-order valence-corrected chi connectivity index (χ1v) is 6.70. The van der Waals surface area contributed by atoms with Gasteiger partial charge in [0.25, 0.3) is 0 Å². The van der Waals surface area contributed by atoms with E-state index in [0.29, 0.717) is 18.1 Å². The van der Waals surface area contributed by atoms with Crippen molar-refractivity contribution in [1.82, 2.24) is 10.4 Å². The SMILES string of the molecule is CONC1CC2CCC(C1)N2C(=O)OC(C)(C)C. The normalized spacial score (nSPS) is 31.6. The van der Waals surface area contributed by atoms with Crippen molar-refractivity contribution in [2.24, 2.45) is 0 Å². The van der Waals surface area contributed by atoms with Crippen molar-refractivity contribution in [3.63, 3.8) is 0 Å². The molecule has 2 saturated heterocycles. The van der Waals surface area contributed by atoms with E-state index >= 15 is 0 Å². The number of fused-ring (bicyclic) bond motifs is 2. The van der Waals surface area contributed by atoms with Crippen LogP contribution in [0, 0.1) is 0 Å². The molecule has 2 atom stereocenters. The third-order valence-corrected chi connectivity index (χ3v) is 3.62. The van der Waals surface area contributed by atoms with Gasteiger partial charge in [0.05, 0.1) is 7.11 Å². The van der Waals surface area contributed by atoms with Gasteiger partial charge in [0.2, 0.25) is 0 Å². The highest BCUT2D eigenvalue weighted by molar-refractivity contribution is 5.69. The lowest BCUT2D eigenvalue weighted by atomic mass is 9.98. The molecule has 5 heteroatoms. The highest BCUT2D eigenvalue weighted by Gasteiger charge is 2.44. The van der Waals surface area contributed by atoms with Gasteiger partial charge < -0.3 is 14.5 Å². The largest absolute Gasteiger partial charge is 0.444 e. The van der Waals surface area contributed by atoms with Crippen molar-refractivity contribution in [3.8, 4) is 0 Å². The van der Waals surface area contributed by atoms with E-state index in [1.54, 1.807) is 7.11 Å². The smallest absolute Gasteiger partial charge is 0.410 e. The van der Waals surface area contributed by atoms with Gasteiger partial charge in [-0.2, -0.15) is 5.48 Å². The summed E-state index contributed by atoms with van der Waals surface area (Å²) in [5, 5.41) is 0. The second-order valence-electron chi connectivity index (χ2n) is 6.26. The van der Waals surface area contributed by atoms with Crippen LogP contribution in [0.1, 0.15) is 46.5 Å². The number of piperidine rings is 1. The van der Waals surface area contributed by atoms with Crippen molar-refractivity contribution in [1.29, 1.82) is 0 Å². The summed E-state index contributed by atoms with van der Waals surface area (Å²) in [6.45, 7) is 5.73. The maximum Gasteiger partial charge on any atom is 0.410 e. The van der Waals surface area contributed by atoms with Crippen molar-refractivity contribution < 1.29 is 14.4 Å². The highest BCUT2D eigenvalue weighted by Crippen LogP contribution is 2.36. The summed E-state index contributed by atoms with van der Waals surface area (Å²) in [6, 6.07) is 0.948. The van der Waals surface area contributed by atoms with Crippen LogP contribution in [0.15, 0.2) is 0 Å².